The smallest absolute Gasteiger partial charge is 0.309 e. The van der Waals surface area contributed by atoms with Gasteiger partial charge in [0.15, 0.2) is 0 Å². The van der Waals surface area contributed by atoms with Gasteiger partial charge in [0.2, 0.25) is 0 Å². The highest BCUT2D eigenvalue weighted by atomic mass is 16.6. The Bertz CT molecular complexity index is 1340. The van der Waals surface area contributed by atoms with Crippen molar-refractivity contribution in [3.63, 3.8) is 0 Å². The second-order valence-electron chi connectivity index (χ2n) is 15.4. The van der Waals surface area contributed by atoms with E-state index in [1.54, 1.807) is 0 Å². The van der Waals surface area contributed by atoms with E-state index in [1.807, 2.05) is 26.8 Å². The van der Waals surface area contributed by atoms with Crippen molar-refractivity contribution in [3.05, 3.63) is 66.4 Å². The van der Waals surface area contributed by atoms with Gasteiger partial charge in [-0.2, -0.15) is 0 Å². The quantitative estimate of drug-likeness (QED) is 0.137. The van der Waals surface area contributed by atoms with Crippen LogP contribution < -0.4 is 4.74 Å². The van der Waals surface area contributed by atoms with Crippen molar-refractivity contribution in [2.24, 2.45) is 22.7 Å². The molecule has 4 atom stereocenters. The average Bonchev–Trinajstić information content (AvgIpc) is 3.30. The summed E-state index contributed by atoms with van der Waals surface area (Å²) in [5.41, 5.74) is 2.16. The first-order valence-electron chi connectivity index (χ1n) is 17.1. The molecule has 2 aromatic rings. The summed E-state index contributed by atoms with van der Waals surface area (Å²) < 4.78 is 24.9. The number of carbonyl (C=O) groups excluding carboxylic acids is 1. The van der Waals surface area contributed by atoms with Crippen LogP contribution in [0, 0.1) is 22.7 Å². The second kappa shape index (κ2) is 18.0. The Kier molecular flexibility index (Phi) is 14.8. The molecule has 0 aliphatic heterocycles. The minimum Gasteiger partial charge on any atom is -0.491 e. The van der Waals surface area contributed by atoms with Crippen LogP contribution in [-0.2, 0) is 25.5 Å². The lowest BCUT2D eigenvalue weighted by Gasteiger charge is -2.34. The number of aliphatic hydroxyl groups is 2. The number of nitrogens with zero attached hydrogens (tertiary/aromatic N) is 1. The number of aromatic nitrogens is 1. The molecule has 8 nitrogen and oxygen atoms in total. The molecule has 8 heteroatoms. The molecule has 0 spiro atoms. The normalized spacial score (nSPS) is 18.8. The largest absolute Gasteiger partial charge is 0.491 e. The molecule has 47 heavy (non-hydrogen) atoms. The Morgan fingerprint density at radius 3 is 2.19 bits per heavy atom. The van der Waals surface area contributed by atoms with E-state index in [-0.39, 0.29) is 62.4 Å². The van der Waals surface area contributed by atoms with Gasteiger partial charge in [0.05, 0.1) is 37.9 Å². The van der Waals surface area contributed by atoms with Crippen molar-refractivity contribution in [2.45, 2.75) is 92.9 Å². The van der Waals surface area contributed by atoms with Crippen molar-refractivity contribution < 1.29 is 34.0 Å². The molecule has 0 fully saturated rings. The van der Waals surface area contributed by atoms with Gasteiger partial charge in [-0.3, -0.25) is 4.79 Å². The van der Waals surface area contributed by atoms with Gasteiger partial charge in [-0.25, -0.2) is 0 Å². The summed E-state index contributed by atoms with van der Waals surface area (Å²) in [5, 5.41) is 21.9. The Hall–Kier alpha value is -2.91. The van der Waals surface area contributed by atoms with E-state index in [0.29, 0.717) is 24.0 Å². The maximum absolute atomic E-state index is 12.8. The number of rotatable bonds is 17. The maximum Gasteiger partial charge on any atom is 0.309 e. The molecule has 0 saturated heterocycles. The number of aliphatic hydroxyl groups excluding tert-OH is 2. The van der Waals surface area contributed by atoms with Gasteiger partial charge in [-0.1, -0.05) is 91.8 Å². The Balaban J connectivity index is 1.40. The number of carbonyl (C=O) groups is 1. The van der Waals surface area contributed by atoms with Gasteiger partial charge in [0, 0.05) is 29.6 Å². The highest BCUT2D eigenvalue weighted by Crippen LogP contribution is 2.37. The zero-order valence-electron chi connectivity index (χ0n) is 29.9. The zero-order valence-corrected chi connectivity index (χ0v) is 29.9. The Morgan fingerprint density at radius 1 is 0.894 bits per heavy atom. The summed E-state index contributed by atoms with van der Waals surface area (Å²) in [5.74, 6) is 0.918. The highest BCUT2D eigenvalue weighted by molar-refractivity contribution is 5.83. The molecule has 1 aliphatic rings. The lowest BCUT2D eigenvalue weighted by molar-refractivity contribution is -0.158. The predicted molar refractivity (Wildman–Crippen MR) is 189 cm³/mol. The molecule has 262 valence electrons. The van der Waals surface area contributed by atoms with Crippen LogP contribution >= 0.6 is 0 Å². The van der Waals surface area contributed by atoms with Crippen LogP contribution in [-0.4, -0.2) is 72.6 Å². The van der Waals surface area contributed by atoms with E-state index in [2.05, 4.69) is 93.8 Å². The average molecular weight is 654 g/mol. The number of ether oxygens (including phenoxy) is 4. The zero-order chi connectivity index (χ0) is 34.6. The second-order valence-corrected chi connectivity index (χ2v) is 15.4. The fourth-order valence-corrected chi connectivity index (χ4v) is 5.63. The molecule has 0 bridgehead atoms. The standard InChI is InChI=1S/C39H59NO7/c1-28(2)23-40-35(29-14-12-10-9-11-13-15-29)20-30-16-17-33(21-36(30)40)46-26-31(41)24-44-18-19-45-25-32(42)27-47-37(43)34(39(6,7)8)22-38(3,4)5/h9-14,16-17,20-21,28-29,31-32,34,41-42H,15,18-19,22-27H2,1-8H3/b10-9-,13-11-,14-12?. The molecular formula is C39H59NO7. The van der Waals surface area contributed by atoms with Gasteiger partial charge in [0.1, 0.15) is 31.2 Å². The van der Waals surface area contributed by atoms with E-state index < -0.39 is 12.2 Å². The van der Waals surface area contributed by atoms with Gasteiger partial charge < -0.3 is 33.7 Å². The van der Waals surface area contributed by atoms with Crippen LogP contribution in [0.15, 0.2) is 60.7 Å². The van der Waals surface area contributed by atoms with Crippen LogP contribution in [0.4, 0.5) is 0 Å². The third-order valence-corrected chi connectivity index (χ3v) is 8.04. The molecular weight excluding hydrogens is 594 g/mol. The van der Waals surface area contributed by atoms with Crippen LogP contribution in [0.1, 0.15) is 79.8 Å². The SMILES string of the molecule is CC(C)Cn1c(C2C=C/C=C\C=C/C2)cc2ccc(OCC(O)COCCOCC(O)COC(=O)C(CC(C)(C)C)C(C)(C)C)cc21. The summed E-state index contributed by atoms with van der Waals surface area (Å²) >= 11 is 0. The van der Waals surface area contributed by atoms with Crippen molar-refractivity contribution in [2.75, 3.05) is 39.6 Å². The fraction of sp³-hybridized carbons (Fsp3) is 0.615. The van der Waals surface area contributed by atoms with Crippen LogP contribution in [0.2, 0.25) is 0 Å². The number of esters is 1. The summed E-state index contributed by atoms with van der Waals surface area (Å²) in [7, 11) is 0. The number of hydrogen-bond donors (Lipinski definition) is 2. The summed E-state index contributed by atoms with van der Waals surface area (Å²) in [6, 6.07) is 8.36. The van der Waals surface area contributed by atoms with E-state index >= 15 is 0 Å². The molecule has 1 heterocycles. The van der Waals surface area contributed by atoms with Gasteiger partial charge in [0.25, 0.3) is 0 Å². The van der Waals surface area contributed by atoms with Crippen LogP contribution in [0.25, 0.3) is 10.9 Å². The molecule has 3 rings (SSSR count). The molecule has 4 unspecified atom stereocenters. The Labute approximate surface area is 282 Å². The van der Waals surface area contributed by atoms with Crippen LogP contribution in [0.5, 0.6) is 5.75 Å². The van der Waals surface area contributed by atoms with Crippen molar-refractivity contribution >= 4 is 16.9 Å². The highest BCUT2D eigenvalue weighted by Gasteiger charge is 2.36. The number of hydrogen-bond acceptors (Lipinski definition) is 7. The number of allylic oxidation sites excluding steroid dienone is 6. The van der Waals surface area contributed by atoms with Gasteiger partial charge in [-0.15, -0.1) is 0 Å². The first kappa shape index (κ1) is 38.5. The third-order valence-electron chi connectivity index (χ3n) is 8.04. The monoisotopic (exact) mass is 653 g/mol. The molecule has 2 N–H and O–H groups in total. The van der Waals surface area contributed by atoms with Gasteiger partial charge >= 0.3 is 5.97 Å². The van der Waals surface area contributed by atoms with E-state index in [1.165, 1.54) is 11.1 Å². The van der Waals surface area contributed by atoms with E-state index in [0.717, 1.165) is 18.5 Å². The molecule has 1 aliphatic carbocycles. The third kappa shape index (κ3) is 13.3. The minimum absolute atomic E-state index is 0.0146. The lowest BCUT2D eigenvalue weighted by atomic mass is 9.72. The van der Waals surface area contributed by atoms with Crippen molar-refractivity contribution in [1.82, 2.24) is 4.57 Å². The topological polar surface area (TPSA) is 99.4 Å². The fourth-order valence-electron chi connectivity index (χ4n) is 5.63. The molecule has 0 radical (unpaired) electrons. The molecule has 1 aromatic carbocycles. The predicted octanol–water partition coefficient (Wildman–Crippen LogP) is 7.23. The minimum atomic E-state index is -0.926. The van der Waals surface area contributed by atoms with E-state index in [4.69, 9.17) is 18.9 Å². The Morgan fingerprint density at radius 2 is 1.55 bits per heavy atom. The number of benzene rings is 1. The van der Waals surface area contributed by atoms with Gasteiger partial charge in [-0.05, 0) is 47.8 Å². The van der Waals surface area contributed by atoms with Crippen molar-refractivity contribution in [3.8, 4) is 5.75 Å². The summed E-state index contributed by atoms with van der Waals surface area (Å²) in [6.07, 6.45) is 12.7. The maximum atomic E-state index is 12.8. The van der Waals surface area contributed by atoms with Crippen molar-refractivity contribution in [1.29, 1.82) is 0 Å². The first-order chi connectivity index (χ1) is 22.1. The molecule has 0 amide bonds. The van der Waals surface area contributed by atoms with E-state index in [9.17, 15) is 15.0 Å². The molecule has 0 saturated carbocycles. The summed E-state index contributed by atoms with van der Waals surface area (Å²) in [4.78, 5) is 12.8. The van der Waals surface area contributed by atoms with Crippen LogP contribution in [0.3, 0.4) is 0 Å². The lowest BCUT2D eigenvalue weighted by Crippen LogP contribution is -2.35. The summed E-state index contributed by atoms with van der Waals surface area (Å²) in [6.45, 7) is 18.3. The molecule has 1 aromatic heterocycles. The first-order valence-corrected chi connectivity index (χ1v) is 17.1. The number of fused-ring (bicyclic) bond motifs is 1.